The van der Waals surface area contributed by atoms with Crippen molar-refractivity contribution < 1.29 is 9.32 Å². The van der Waals surface area contributed by atoms with E-state index in [4.69, 9.17) is 10.3 Å². The molecule has 3 aromatic rings. The summed E-state index contributed by atoms with van der Waals surface area (Å²) in [5, 5.41) is 7.39. The minimum atomic E-state index is -0.214. The highest BCUT2D eigenvalue weighted by molar-refractivity contribution is 7.21. The van der Waals surface area contributed by atoms with Crippen LogP contribution >= 0.6 is 11.3 Å². The molecule has 0 saturated heterocycles. The van der Waals surface area contributed by atoms with Gasteiger partial charge in [-0.15, -0.1) is 11.3 Å². The first-order valence-electron chi connectivity index (χ1n) is 6.40. The van der Waals surface area contributed by atoms with Gasteiger partial charge in [0.15, 0.2) is 0 Å². The molecule has 0 aromatic carbocycles. The fourth-order valence-corrected chi connectivity index (χ4v) is 3.41. The summed E-state index contributed by atoms with van der Waals surface area (Å²) in [5.41, 5.74) is 9.02. The van der Waals surface area contributed by atoms with E-state index in [2.05, 4.69) is 15.5 Å². The molecule has 6 nitrogen and oxygen atoms in total. The number of thiophene rings is 1. The summed E-state index contributed by atoms with van der Waals surface area (Å²) in [6.07, 6.45) is 1.47. The highest BCUT2D eigenvalue weighted by Gasteiger charge is 2.18. The van der Waals surface area contributed by atoms with Crippen molar-refractivity contribution in [3.63, 3.8) is 0 Å². The quantitative estimate of drug-likeness (QED) is 0.775. The van der Waals surface area contributed by atoms with Crippen molar-refractivity contribution in [2.45, 2.75) is 20.4 Å². The second-order valence-corrected chi connectivity index (χ2v) is 5.79. The average molecular weight is 302 g/mol. The monoisotopic (exact) mass is 302 g/mol. The molecule has 21 heavy (non-hydrogen) atoms. The maximum absolute atomic E-state index is 12.3. The molecule has 0 unspecified atom stereocenters. The lowest BCUT2D eigenvalue weighted by molar-refractivity contribution is 0.0955. The highest BCUT2D eigenvalue weighted by atomic mass is 32.1. The maximum Gasteiger partial charge on any atom is 0.263 e. The van der Waals surface area contributed by atoms with E-state index >= 15 is 0 Å². The fraction of sp³-hybridized carbons (Fsp3) is 0.214. The fourth-order valence-electron chi connectivity index (χ4n) is 2.23. The topological polar surface area (TPSA) is 94.0 Å². The van der Waals surface area contributed by atoms with Crippen molar-refractivity contribution in [1.29, 1.82) is 0 Å². The molecule has 0 fully saturated rings. The molecule has 108 valence electrons. The zero-order chi connectivity index (χ0) is 15.0. The minimum Gasteiger partial charge on any atom is -0.397 e. The molecule has 0 bridgehead atoms. The normalized spacial score (nSPS) is 11.0. The molecule has 3 heterocycles. The van der Waals surface area contributed by atoms with Crippen LogP contribution in [0.4, 0.5) is 5.69 Å². The number of aryl methyl sites for hydroxylation is 2. The number of nitrogen functional groups attached to an aromatic ring is 1. The van der Waals surface area contributed by atoms with Gasteiger partial charge in [0.1, 0.15) is 16.8 Å². The van der Waals surface area contributed by atoms with Crippen LogP contribution in [0.2, 0.25) is 0 Å². The second kappa shape index (κ2) is 5.17. The van der Waals surface area contributed by atoms with Crippen LogP contribution in [-0.2, 0) is 6.54 Å². The van der Waals surface area contributed by atoms with Crippen LogP contribution in [0, 0.1) is 13.8 Å². The summed E-state index contributed by atoms with van der Waals surface area (Å²) < 4.78 is 5.70. The standard InChI is InChI=1S/C14H14N4O2S/c1-7-5-10-11(8(2)17-7)12(15)13(21-10)14(19)16-6-9-3-4-20-18-9/h3-5H,6,15H2,1-2H3,(H,16,19). The van der Waals surface area contributed by atoms with Gasteiger partial charge in [0.2, 0.25) is 0 Å². The lowest BCUT2D eigenvalue weighted by Gasteiger charge is -2.02. The second-order valence-electron chi connectivity index (χ2n) is 4.74. The van der Waals surface area contributed by atoms with Crippen molar-refractivity contribution >= 4 is 33.0 Å². The number of hydrogen-bond acceptors (Lipinski definition) is 6. The molecule has 7 heteroatoms. The molecule has 0 saturated carbocycles. The minimum absolute atomic E-state index is 0.214. The van der Waals surface area contributed by atoms with Crippen LogP contribution in [0.3, 0.4) is 0 Å². The van der Waals surface area contributed by atoms with Crippen LogP contribution in [-0.4, -0.2) is 16.0 Å². The van der Waals surface area contributed by atoms with Gasteiger partial charge < -0.3 is 15.6 Å². The first kappa shape index (κ1) is 13.6. The molecule has 0 atom stereocenters. The molecular weight excluding hydrogens is 288 g/mol. The van der Waals surface area contributed by atoms with E-state index < -0.39 is 0 Å². The molecule has 0 spiro atoms. The Hall–Kier alpha value is -2.41. The van der Waals surface area contributed by atoms with Gasteiger partial charge in [-0.1, -0.05) is 5.16 Å². The van der Waals surface area contributed by atoms with Gasteiger partial charge >= 0.3 is 0 Å². The first-order chi connectivity index (χ1) is 10.1. The van der Waals surface area contributed by atoms with Crippen LogP contribution in [0.5, 0.6) is 0 Å². The third kappa shape index (κ3) is 2.47. The number of pyridine rings is 1. The molecular formula is C14H14N4O2S. The van der Waals surface area contributed by atoms with Gasteiger partial charge in [-0.3, -0.25) is 9.78 Å². The predicted molar refractivity (Wildman–Crippen MR) is 81.2 cm³/mol. The zero-order valence-electron chi connectivity index (χ0n) is 11.6. The summed E-state index contributed by atoms with van der Waals surface area (Å²) in [6, 6.07) is 3.64. The summed E-state index contributed by atoms with van der Waals surface area (Å²) in [7, 11) is 0. The predicted octanol–water partition coefficient (Wildman–Crippen LogP) is 2.41. The maximum atomic E-state index is 12.3. The van der Waals surface area contributed by atoms with Crippen LogP contribution in [0.25, 0.3) is 10.1 Å². The lowest BCUT2D eigenvalue weighted by Crippen LogP contribution is -2.22. The molecule has 0 aliphatic carbocycles. The van der Waals surface area contributed by atoms with Gasteiger partial charge in [0, 0.05) is 27.5 Å². The highest BCUT2D eigenvalue weighted by Crippen LogP contribution is 2.35. The number of nitrogens with one attached hydrogen (secondary N) is 1. The van der Waals surface area contributed by atoms with E-state index in [0.29, 0.717) is 22.8 Å². The lowest BCUT2D eigenvalue weighted by atomic mass is 10.2. The number of amides is 1. The SMILES string of the molecule is Cc1cc2sc(C(=O)NCc3ccon3)c(N)c2c(C)n1. The number of nitrogens with zero attached hydrogens (tertiary/aromatic N) is 2. The van der Waals surface area contributed by atoms with Gasteiger partial charge in [-0.25, -0.2) is 0 Å². The summed E-state index contributed by atoms with van der Waals surface area (Å²) in [4.78, 5) is 17.2. The zero-order valence-corrected chi connectivity index (χ0v) is 12.5. The van der Waals surface area contributed by atoms with Gasteiger partial charge in [-0.2, -0.15) is 0 Å². The van der Waals surface area contributed by atoms with Crippen LogP contribution in [0.15, 0.2) is 22.9 Å². The van der Waals surface area contributed by atoms with Crippen molar-refractivity contribution in [3.8, 4) is 0 Å². The van der Waals surface area contributed by atoms with Crippen LogP contribution in [0.1, 0.15) is 26.8 Å². The number of rotatable bonds is 3. The summed E-state index contributed by atoms with van der Waals surface area (Å²) in [5.74, 6) is -0.214. The molecule has 0 aliphatic heterocycles. The van der Waals surface area contributed by atoms with Gasteiger partial charge in [-0.05, 0) is 19.9 Å². The van der Waals surface area contributed by atoms with Crippen molar-refractivity contribution in [2.24, 2.45) is 0 Å². The average Bonchev–Trinajstić information content (AvgIpc) is 3.04. The number of carbonyl (C=O) groups is 1. The Morgan fingerprint density at radius 2 is 2.29 bits per heavy atom. The molecule has 0 aliphatic rings. The number of aromatic nitrogens is 2. The number of carbonyl (C=O) groups excluding carboxylic acids is 1. The van der Waals surface area contributed by atoms with Crippen molar-refractivity contribution in [1.82, 2.24) is 15.5 Å². The largest absolute Gasteiger partial charge is 0.397 e. The van der Waals surface area contributed by atoms with Crippen molar-refractivity contribution in [2.75, 3.05) is 5.73 Å². The third-order valence-corrected chi connectivity index (χ3v) is 4.30. The van der Waals surface area contributed by atoms with E-state index in [1.54, 1.807) is 6.07 Å². The molecule has 1 amide bonds. The molecule has 3 rings (SSSR count). The third-order valence-electron chi connectivity index (χ3n) is 3.15. The smallest absolute Gasteiger partial charge is 0.263 e. The van der Waals surface area contributed by atoms with Gasteiger partial charge in [0.25, 0.3) is 5.91 Å². The Bertz CT molecular complexity index is 808. The first-order valence-corrected chi connectivity index (χ1v) is 7.21. The van der Waals surface area contributed by atoms with Crippen molar-refractivity contribution in [3.05, 3.63) is 40.4 Å². The number of fused-ring (bicyclic) bond motifs is 1. The Morgan fingerprint density at radius 3 is 3.00 bits per heavy atom. The van der Waals surface area contributed by atoms with E-state index in [0.717, 1.165) is 21.5 Å². The van der Waals surface area contributed by atoms with Gasteiger partial charge in [0.05, 0.1) is 12.2 Å². The molecule has 3 N–H and O–H groups in total. The van der Waals surface area contributed by atoms with E-state index in [1.165, 1.54) is 17.6 Å². The summed E-state index contributed by atoms with van der Waals surface area (Å²) in [6.45, 7) is 4.13. The van der Waals surface area contributed by atoms with E-state index in [-0.39, 0.29) is 5.91 Å². The van der Waals surface area contributed by atoms with E-state index in [1.807, 2.05) is 19.9 Å². The Kier molecular flexibility index (Phi) is 3.34. The van der Waals surface area contributed by atoms with E-state index in [9.17, 15) is 4.79 Å². The Morgan fingerprint density at radius 1 is 1.48 bits per heavy atom. The number of hydrogen-bond donors (Lipinski definition) is 2. The number of anilines is 1. The summed E-state index contributed by atoms with van der Waals surface area (Å²) >= 11 is 1.38. The van der Waals surface area contributed by atoms with Crippen LogP contribution < -0.4 is 11.1 Å². The number of nitrogens with two attached hydrogens (primary N) is 1. The molecule has 0 radical (unpaired) electrons. The Balaban J connectivity index is 1.91. The Labute approximate surface area is 125 Å². The molecule has 3 aromatic heterocycles.